The fraction of sp³-hybridized carbons (Fsp3) is 0.417. The molecule has 2 atom stereocenters. The molecule has 4 nitrogen and oxygen atoms in total. The number of thioether (sulfide) groups is 1. The van der Waals surface area contributed by atoms with Gasteiger partial charge < -0.3 is 10.2 Å². The molecule has 0 heterocycles. The quantitative estimate of drug-likeness (QED) is 0.574. The summed E-state index contributed by atoms with van der Waals surface area (Å²) in [5, 5.41) is 2.97. The van der Waals surface area contributed by atoms with E-state index in [4.69, 9.17) is 0 Å². The molecule has 0 aliphatic rings. The summed E-state index contributed by atoms with van der Waals surface area (Å²) in [6.45, 7) is 6.24. The van der Waals surface area contributed by atoms with Crippen molar-refractivity contribution >= 4 is 23.6 Å². The molecule has 2 aromatic carbocycles. The molecule has 2 rings (SSSR count). The maximum absolute atomic E-state index is 13.0. The summed E-state index contributed by atoms with van der Waals surface area (Å²) >= 11 is 1.47. The minimum Gasteiger partial charge on any atom is -0.352 e. The molecule has 2 aromatic rings. The molecule has 162 valence electrons. The highest BCUT2D eigenvalue weighted by atomic mass is 32.2. The predicted molar refractivity (Wildman–Crippen MR) is 122 cm³/mol. The van der Waals surface area contributed by atoms with Crippen molar-refractivity contribution in [3.8, 4) is 0 Å². The summed E-state index contributed by atoms with van der Waals surface area (Å²) in [4.78, 5) is 27.3. The molecular weight excluding hydrogens is 399 g/mol. The maximum atomic E-state index is 13.0. The van der Waals surface area contributed by atoms with Gasteiger partial charge in [-0.15, -0.1) is 11.8 Å². The number of nitrogens with zero attached hydrogens (tertiary/aromatic N) is 1. The minimum absolute atomic E-state index is 0.0650. The molecule has 0 aromatic heterocycles. The van der Waals surface area contributed by atoms with Crippen LogP contribution in [0.3, 0.4) is 0 Å². The number of amides is 2. The Morgan fingerprint density at radius 1 is 1.03 bits per heavy atom. The van der Waals surface area contributed by atoms with Crippen LogP contribution in [0.25, 0.3) is 0 Å². The van der Waals surface area contributed by atoms with Gasteiger partial charge in [-0.2, -0.15) is 0 Å². The number of benzene rings is 2. The van der Waals surface area contributed by atoms with Gasteiger partial charge in [-0.25, -0.2) is 4.39 Å². The molecule has 0 bridgehead atoms. The van der Waals surface area contributed by atoms with Crippen LogP contribution in [0.5, 0.6) is 0 Å². The zero-order chi connectivity index (χ0) is 21.9. The molecule has 1 N–H and O–H groups in total. The van der Waals surface area contributed by atoms with Crippen molar-refractivity contribution < 1.29 is 14.0 Å². The number of halogens is 1. The number of hydrogen-bond donors (Lipinski definition) is 1. The summed E-state index contributed by atoms with van der Waals surface area (Å²) in [7, 11) is 0. The highest BCUT2D eigenvalue weighted by Crippen LogP contribution is 2.15. The first-order valence-corrected chi connectivity index (χ1v) is 11.5. The van der Waals surface area contributed by atoms with Crippen molar-refractivity contribution in [2.75, 3.05) is 12.3 Å². The van der Waals surface area contributed by atoms with Gasteiger partial charge in [0.15, 0.2) is 0 Å². The molecule has 6 heteroatoms. The zero-order valence-electron chi connectivity index (χ0n) is 17.9. The summed E-state index contributed by atoms with van der Waals surface area (Å²) in [6.07, 6.45) is 1.53. The lowest BCUT2D eigenvalue weighted by atomic mass is 10.1. The van der Waals surface area contributed by atoms with E-state index >= 15 is 0 Å². The van der Waals surface area contributed by atoms with Gasteiger partial charge in [-0.1, -0.05) is 49.4 Å². The van der Waals surface area contributed by atoms with Crippen LogP contribution in [0.15, 0.2) is 54.6 Å². The molecule has 0 saturated carbocycles. The third-order valence-electron chi connectivity index (χ3n) is 5.06. The van der Waals surface area contributed by atoms with Crippen LogP contribution in [0.1, 0.15) is 38.3 Å². The smallest absolute Gasteiger partial charge is 0.242 e. The molecule has 2 amide bonds. The monoisotopic (exact) mass is 430 g/mol. The number of carbonyl (C=O) groups is 2. The Labute approximate surface area is 183 Å². The Morgan fingerprint density at radius 2 is 1.70 bits per heavy atom. The Kier molecular flexibility index (Phi) is 9.87. The van der Waals surface area contributed by atoms with E-state index in [1.165, 1.54) is 23.9 Å². The van der Waals surface area contributed by atoms with Crippen LogP contribution < -0.4 is 5.32 Å². The first kappa shape index (κ1) is 23.9. The van der Waals surface area contributed by atoms with Crippen molar-refractivity contribution in [1.29, 1.82) is 0 Å². The van der Waals surface area contributed by atoms with Crippen LogP contribution in [0.4, 0.5) is 4.39 Å². The van der Waals surface area contributed by atoms with Gasteiger partial charge in [0, 0.05) is 18.3 Å². The van der Waals surface area contributed by atoms with Crippen LogP contribution in [0.2, 0.25) is 0 Å². The Bertz CT molecular complexity index is 799. The average molecular weight is 431 g/mol. The van der Waals surface area contributed by atoms with Crippen LogP contribution >= 0.6 is 11.8 Å². The van der Waals surface area contributed by atoms with E-state index in [9.17, 15) is 14.0 Å². The SMILES string of the molecule is CCC(C)NC(=O)C(C)N(CCc1ccccc1)C(=O)CSCc1ccc(F)cc1. The number of hydrogen-bond acceptors (Lipinski definition) is 3. The van der Waals surface area contributed by atoms with Crippen molar-refractivity contribution in [3.63, 3.8) is 0 Å². The zero-order valence-corrected chi connectivity index (χ0v) is 18.8. The Morgan fingerprint density at radius 3 is 2.33 bits per heavy atom. The topological polar surface area (TPSA) is 49.4 Å². The standard InChI is InChI=1S/C24H31FN2O2S/c1-4-18(2)26-24(29)19(3)27(15-14-20-8-6-5-7-9-20)23(28)17-30-16-21-10-12-22(25)13-11-21/h5-13,18-19H,4,14-17H2,1-3H3,(H,26,29). The fourth-order valence-electron chi connectivity index (χ4n) is 2.96. The van der Waals surface area contributed by atoms with Crippen LogP contribution in [-0.2, 0) is 21.8 Å². The second-order valence-corrected chi connectivity index (χ2v) is 8.42. The van der Waals surface area contributed by atoms with Crippen molar-refractivity contribution in [3.05, 3.63) is 71.5 Å². The molecule has 0 aliphatic carbocycles. The highest BCUT2D eigenvalue weighted by molar-refractivity contribution is 7.99. The van der Waals surface area contributed by atoms with E-state index in [-0.39, 0.29) is 29.4 Å². The number of carbonyl (C=O) groups excluding carboxylic acids is 2. The molecule has 0 radical (unpaired) electrons. The van der Waals surface area contributed by atoms with Crippen LogP contribution in [-0.4, -0.2) is 41.1 Å². The normalized spacial score (nSPS) is 12.8. The molecular formula is C24H31FN2O2S. The van der Waals surface area contributed by atoms with Gasteiger partial charge in [0.25, 0.3) is 0 Å². The lowest BCUT2D eigenvalue weighted by Crippen LogP contribution is -2.51. The summed E-state index contributed by atoms with van der Waals surface area (Å²) in [5.74, 6) is 0.422. The molecule has 0 spiro atoms. The summed E-state index contributed by atoms with van der Waals surface area (Å²) < 4.78 is 13.0. The van der Waals surface area contributed by atoms with E-state index in [2.05, 4.69) is 5.32 Å². The second-order valence-electron chi connectivity index (χ2n) is 7.44. The number of rotatable bonds is 11. The lowest BCUT2D eigenvalue weighted by Gasteiger charge is -2.29. The van der Waals surface area contributed by atoms with E-state index in [1.807, 2.05) is 44.2 Å². The Hall–Kier alpha value is -2.34. The second kappa shape index (κ2) is 12.4. The Balaban J connectivity index is 1.99. The average Bonchev–Trinajstić information content (AvgIpc) is 2.75. The third kappa shape index (κ3) is 7.82. The van der Waals surface area contributed by atoms with Gasteiger partial charge in [0.05, 0.1) is 5.75 Å². The molecule has 0 fully saturated rings. The third-order valence-corrected chi connectivity index (χ3v) is 6.05. The first-order valence-electron chi connectivity index (χ1n) is 10.4. The van der Waals surface area contributed by atoms with Gasteiger partial charge in [0.1, 0.15) is 11.9 Å². The van der Waals surface area contributed by atoms with Gasteiger partial charge in [-0.05, 0) is 49.9 Å². The largest absolute Gasteiger partial charge is 0.352 e. The van der Waals surface area contributed by atoms with E-state index in [0.717, 1.165) is 17.5 Å². The summed E-state index contributed by atoms with van der Waals surface area (Å²) in [5.41, 5.74) is 2.09. The predicted octanol–water partition coefficient (Wildman–Crippen LogP) is 4.43. The van der Waals surface area contributed by atoms with Crippen LogP contribution in [0, 0.1) is 5.82 Å². The molecule has 2 unspecified atom stereocenters. The molecule has 0 aliphatic heterocycles. The van der Waals surface area contributed by atoms with Crippen molar-refractivity contribution in [1.82, 2.24) is 10.2 Å². The van der Waals surface area contributed by atoms with Gasteiger partial charge in [-0.3, -0.25) is 9.59 Å². The first-order chi connectivity index (χ1) is 14.4. The summed E-state index contributed by atoms with van der Waals surface area (Å²) in [6, 6.07) is 15.8. The van der Waals surface area contributed by atoms with Crippen molar-refractivity contribution in [2.45, 2.75) is 51.4 Å². The van der Waals surface area contributed by atoms with E-state index in [1.54, 1.807) is 24.0 Å². The minimum atomic E-state index is -0.540. The van der Waals surface area contributed by atoms with Crippen molar-refractivity contribution in [2.24, 2.45) is 0 Å². The van der Waals surface area contributed by atoms with E-state index < -0.39 is 6.04 Å². The van der Waals surface area contributed by atoms with Gasteiger partial charge in [0.2, 0.25) is 11.8 Å². The van der Waals surface area contributed by atoms with Gasteiger partial charge >= 0.3 is 0 Å². The maximum Gasteiger partial charge on any atom is 0.242 e. The molecule has 0 saturated heterocycles. The fourth-order valence-corrected chi connectivity index (χ4v) is 3.83. The highest BCUT2D eigenvalue weighted by Gasteiger charge is 2.26. The lowest BCUT2D eigenvalue weighted by molar-refractivity contribution is -0.138. The molecule has 30 heavy (non-hydrogen) atoms. The number of nitrogens with one attached hydrogen (secondary N) is 1. The van der Waals surface area contributed by atoms with E-state index in [0.29, 0.717) is 18.7 Å².